The molecule has 0 aliphatic rings. The molecule has 1 atom stereocenters. The van der Waals surface area contributed by atoms with Crippen molar-refractivity contribution in [1.29, 1.82) is 0 Å². The second kappa shape index (κ2) is 6.82. The third kappa shape index (κ3) is 4.55. The van der Waals surface area contributed by atoms with Crippen LogP contribution in [-0.2, 0) is 9.57 Å². The van der Waals surface area contributed by atoms with Gasteiger partial charge >= 0.3 is 0 Å². The molecule has 68 valence electrons. The number of nitrogens with zero attached hydrogens (tertiary/aromatic N) is 1. The zero-order valence-electron chi connectivity index (χ0n) is 6.79. The lowest BCUT2D eigenvalue weighted by atomic mass is 10.7. The van der Waals surface area contributed by atoms with Gasteiger partial charge in [-0.05, 0) is 6.92 Å². The summed E-state index contributed by atoms with van der Waals surface area (Å²) < 4.78 is 4.62. The summed E-state index contributed by atoms with van der Waals surface area (Å²) in [6.45, 7) is 2.74. The van der Waals surface area contributed by atoms with Crippen LogP contribution in [-0.4, -0.2) is 42.7 Å². The Bertz CT molecular complexity index is 87.9. The van der Waals surface area contributed by atoms with E-state index < -0.39 is 6.41 Å². The molecule has 0 heterocycles. The molecule has 1 N–H and O–H groups in total. The van der Waals surface area contributed by atoms with Gasteiger partial charge < -0.3 is 9.84 Å². The van der Waals surface area contributed by atoms with Gasteiger partial charge in [0.25, 0.3) is 0 Å². The molecular weight excluding hydrogens is 170 g/mol. The molecule has 1 unspecified atom stereocenters. The molecule has 0 rings (SSSR count). The summed E-state index contributed by atoms with van der Waals surface area (Å²) in [4.78, 5) is 5.01. The van der Waals surface area contributed by atoms with Gasteiger partial charge in [-0.25, -0.2) is 0 Å². The Balaban J connectivity index is 3.66. The Morgan fingerprint density at radius 1 is 1.64 bits per heavy atom. The minimum atomic E-state index is -1.03. The summed E-state index contributed by atoms with van der Waals surface area (Å²) in [5.74, 6) is 0.389. The van der Waals surface area contributed by atoms with Crippen molar-refractivity contribution in [3.8, 4) is 0 Å². The number of hydroxylamine groups is 2. The van der Waals surface area contributed by atoms with Crippen LogP contribution in [0.5, 0.6) is 0 Å². The van der Waals surface area contributed by atoms with E-state index in [1.807, 2.05) is 6.92 Å². The second-order valence-electron chi connectivity index (χ2n) is 1.81. The molecule has 0 spiro atoms. The smallest absolute Gasteiger partial charge is 0.238 e. The van der Waals surface area contributed by atoms with Gasteiger partial charge in [-0.15, -0.1) is 16.7 Å². The molecule has 0 fully saturated rings. The molecular formula is C6H14ClNO3. The van der Waals surface area contributed by atoms with Gasteiger partial charge in [0, 0.05) is 19.5 Å². The Labute approximate surface area is 71.6 Å². The highest BCUT2D eigenvalue weighted by atomic mass is 35.5. The number of ether oxygens (including phenoxy) is 1. The number of aliphatic hydroxyl groups is 1. The summed E-state index contributed by atoms with van der Waals surface area (Å²) in [6, 6.07) is 0. The molecule has 0 bridgehead atoms. The highest BCUT2D eigenvalue weighted by molar-refractivity contribution is 6.18. The number of aliphatic hydroxyl groups excluding tert-OH is 1. The van der Waals surface area contributed by atoms with Crippen molar-refractivity contribution in [3.63, 3.8) is 0 Å². The summed E-state index contributed by atoms with van der Waals surface area (Å²) in [7, 11) is 1.39. The Kier molecular flexibility index (Phi) is 6.90. The number of rotatable bonds is 6. The standard InChI is InChI=1S/C6H14ClNO3/c1-3-11-8(5-4-7)6(9)10-2/h6,9H,3-5H2,1-2H3. The van der Waals surface area contributed by atoms with Crippen molar-refractivity contribution < 1.29 is 14.7 Å². The topological polar surface area (TPSA) is 41.9 Å². The highest BCUT2D eigenvalue weighted by Gasteiger charge is 2.13. The summed E-state index contributed by atoms with van der Waals surface area (Å²) in [5, 5.41) is 10.4. The van der Waals surface area contributed by atoms with Crippen LogP contribution in [0.2, 0.25) is 0 Å². The number of hydrogen-bond donors (Lipinski definition) is 1. The van der Waals surface area contributed by atoms with Crippen molar-refractivity contribution in [3.05, 3.63) is 0 Å². The van der Waals surface area contributed by atoms with E-state index in [0.29, 0.717) is 19.0 Å². The Hall–Kier alpha value is 0.130. The summed E-state index contributed by atoms with van der Waals surface area (Å²) >= 11 is 5.44. The monoisotopic (exact) mass is 183 g/mol. The van der Waals surface area contributed by atoms with E-state index in [4.69, 9.17) is 21.5 Å². The fourth-order valence-electron chi connectivity index (χ4n) is 0.605. The van der Waals surface area contributed by atoms with E-state index in [1.54, 1.807) is 0 Å². The molecule has 0 aliphatic carbocycles. The second-order valence-corrected chi connectivity index (χ2v) is 2.19. The molecule has 0 aromatic rings. The SMILES string of the molecule is CCON(CCCl)C(O)OC. The predicted molar refractivity (Wildman–Crippen MR) is 42.1 cm³/mol. The molecule has 0 aromatic heterocycles. The lowest BCUT2D eigenvalue weighted by Gasteiger charge is -2.23. The van der Waals surface area contributed by atoms with E-state index in [1.165, 1.54) is 12.2 Å². The predicted octanol–water partition coefficient (Wildman–Crippen LogP) is 0.401. The molecule has 0 radical (unpaired) electrons. The van der Waals surface area contributed by atoms with E-state index in [0.717, 1.165) is 0 Å². The zero-order valence-corrected chi connectivity index (χ0v) is 7.54. The van der Waals surface area contributed by atoms with E-state index in [-0.39, 0.29) is 0 Å². The first kappa shape index (κ1) is 11.1. The minimum Gasteiger partial charge on any atom is -0.354 e. The first-order chi connectivity index (χ1) is 5.26. The van der Waals surface area contributed by atoms with Crippen LogP contribution in [0.1, 0.15) is 6.92 Å². The van der Waals surface area contributed by atoms with Crippen LogP contribution in [0.25, 0.3) is 0 Å². The number of hydrogen-bond acceptors (Lipinski definition) is 4. The van der Waals surface area contributed by atoms with Crippen molar-refractivity contribution in [2.24, 2.45) is 0 Å². The highest BCUT2D eigenvalue weighted by Crippen LogP contribution is 1.98. The van der Waals surface area contributed by atoms with Crippen molar-refractivity contribution >= 4 is 11.6 Å². The van der Waals surface area contributed by atoms with Crippen LogP contribution in [0.4, 0.5) is 0 Å². The summed E-state index contributed by atoms with van der Waals surface area (Å²) in [6.07, 6.45) is -1.03. The van der Waals surface area contributed by atoms with Crippen LogP contribution >= 0.6 is 11.6 Å². The van der Waals surface area contributed by atoms with Crippen molar-refractivity contribution in [2.45, 2.75) is 13.3 Å². The van der Waals surface area contributed by atoms with Crippen LogP contribution in [0.3, 0.4) is 0 Å². The number of methoxy groups -OCH3 is 1. The Morgan fingerprint density at radius 2 is 2.27 bits per heavy atom. The quantitative estimate of drug-likeness (QED) is 0.368. The average Bonchev–Trinajstić information content (AvgIpc) is 2.03. The Morgan fingerprint density at radius 3 is 2.64 bits per heavy atom. The molecule has 0 amide bonds. The normalized spacial score (nSPS) is 13.9. The van der Waals surface area contributed by atoms with Crippen molar-refractivity contribution in [2.75, 3.05) is 26.1 Å². The molecule has 0 saturated heterocycles. The first-order valence-corrected chi connectivity index (χ1v) is 3.96. The fraction of sp³-hybridized carbons (Fsp3) is 1.00. The van der Waals surface area contributed by atoms with Gasteiger partial charge in [0.05, 0.1) is 6.61 Å². The molecule has 11 heavy (non-hydrogen) atoms. The number of halogens is 1. The van der Waals surface area contributed by atoms with E-state index in [9.17, 15) is 0 Å². The minimum absolute atomic E-state index is 0.389. The first-order valence-electron chi connectivity index (χ1n) is 3.42. The lowest BCUT2D eigenvalue weighted by Crippen LogP contribution is -2.37. The van der Waals surface area contributed by atoms with Gasteiger partial charge in [0.1, 0.15) is 0 Å². The maximum atomic E-state index is 9.10. The maximum absolute atomic E-state index is 9.10. The van der Waals surface area contributed by atoms with E-state index >= 15 is 0 Å². The van der Waals surface area contributed by atoms with Crippen molar-refractivity contribution in [1.82, 2.24) is 5.06 Å². The van der Waals surface area contributed by atoms with E-state index in [2.05, 4.69) is 4.74 Å². The molecule has 0 aromatic carbocycles. The third-order valence-corrected chi connectivity index (χ3v) is 1.23. The van der Waals surface area contributed by atoms with Gasteiger partial charge in [-0.2, -0.15) is 0 Å². The summed E-state index contributed by atoms with van der Waals surface area (Å²) in [5.41, 5.74) is 0. The number of alkyl halides is 1. The average molecular weight is 184 g/mol. The fourth-order valence-corrected chi connectivity index (χ4v) is 0.772. The molecule has 4 nitrogen and oxygen atoms in total. The van der Waals surface area contributed by atoms with Crippen LogP contribution < -0.4 is 0 Å². The molecule has 0 saturated carbocycles. The largest absolute Gasteiger partial charge is 0.354 e. The van der Waals surface area contributed by atoms with Gasteiger partial charge in [0.15, 0.2) is 0 Å². The maximum Gasteiger partial charge on any atom is 0.238 e. The van der Waals surface area contributed by atoms with Gasteiger partial charge in [0.2, 0.25) is 6.41 Å². The third-order valence-electron chi connectivity index (χ3n) is 1.06. The van der Waals surface area contributed by atoms with Gasteiger partial charge in [-0.1, -0.05) is 0 Å². The lowest BCUT2D eigenvalue weighted by molar-refractivity contribution is -0.312. The van der Waals surface area contributed by atoms with Crippen LogP contribution in [0, 0.1) is 0 Å². The van der Waals surface area contributed by atoms with Crippen LogP contribution in [0.15, 0.2) is 0 Å². The molecule has 5 heteroatoms. The zero-order chi connectivity index (χ0) is 8.69. The van der Waals surface area contributed by atoms with Gasteiger partial charge in [-0.3, -0.25) is 4.84 Å². The molecule has 0 aliphatic heterocycles.